The molecule has 4 rings (SSSR count). The highest BCUT2D eigenvalue weighted by molar-refractivity contribution is 9.10. The van der Waals surface area contributed by atoms with Crippen molar-refractivity contribution in [2.24, 2.45) is 0 Å². The molecule has 242 valence electrons. The summed E-state index contributed by atoms with van der Waals surface area (Å²) in [6.45, 7) is -0.885. The SMILES string of the molecule is CS(=O)(=O)N(CC(=O)N(Cc1ccc(Br)cc1)[C@@H](Cc1ccccc1)C(=O)NC1CCCCC1)c1ccc(Cl)c(C(F)(F)F)c1. The standard InChI is InChI=1S/C32H34BrClF3N3O4S/c1-45(43,44)40(26-16-17-28(34)27(19-26)32(35,36)37)21-30(41)39(20-23-12-14-24(33)15-13-23)29(18-22-8-4-2-5-9-22)31(42)38-25-10-6-3-7-11-25/h2,4-5,8-9,12-17,19,25,29H,3,6-7,10-11,18,20-21H2,1H3,(H,38,42)/t29-/m0/s1. The van der Waals surface area contributed by atoms with Crippen molar-refractivity contribution in [3.63, 3.8) is 0 Å². The van der Waals surface area contributed by atoms with Crippen LogP contribution in [-0.4, -0.2) is 50.0 Å². The van der Waals surface area contributed by atoms with E-state index in [1.165, 1.54) is 4.90 Å². The van der Waals surface area contributed by atoms with Gasteiger partial charge in [-0.1, -0.05) is 89.3 Å². The Hall–Kier alpha value is -3.09. The van der Waals surface area contributed by atoms with E-state index in [2.05, 4.69) is 21.2 Å². The Morgan fingerprint density at radius 3 is 2.22 bits per heavy atom. The maximum atomic E-state index is 14.2. The second-order valence-electron chi connectivity index (χ2n) is 11.1. The van der Waals surface area contributed by atoms with Gasteiger partial charge in [-0.2, -0.15) is 13.2 Å². The van der Waals surface area contributed by atoms with Gasteiger partial charge in [0.1, 0.15) is 12.6 Å². The van der Waals surface area contributed by atoms with E-state index in [9.17, 15) is 31.2 Å². The number of hydrogen-bond donors (Lipinski definition) is 1. The van der Waals surface area contributed by atoms with Crippen LogP contribution in [0.15, 0.2) is 77.3 Å². The molecule has 13 heteroatoms. The number of benzene rings is 3. The number of nitrogens with one attached hydrogen (secondary N) is 1. The number of carbonyl (C=O) groups is 2. The topological polar surface area (TPSA) is 86.8 Å². The zero-order valence-corrected chi connectivity index (χ0v) is 27.7. The van der Waals surface area contributed by atoms with Crippen molar-refractivity contribution in [1.82, 2.24) is 10.2 Å². The first-order chi connectivity index (χ1) is 21.2. The van der Waals surface area contributed by atoms with Crippen molar-refractivity contribution in [3.05, 3.63) is 99.0 Å². The molecule has 0 aromatic heterocycles. The molecule has 1 fully saturated rings. The van der Waals surface area contributed by atoms with Crippen molar-refractivity contribution in [2.45, 2.75) is 63.3 Å². The molecule has 1 N–H and O–H groups in total. The summed E-state index contributed by atoms with van der Waals surface area (Å²) in [5.74, 6) is -1.14. The lowest BCUT2D eigenvalue weighted by Crippen LogP contribution is -2.55. The predicted octanol–water partition coefficient (Wildman–Crippen LogP) is 6.98. The zero-order chi connectivity index (χ0) is 32.8. The summed E-state index contributed by atoms with van der Waals surface area (Å²) in [6, 6.07) is 17.8. The lowest BCUT2D eigenvalue weighted by molar-refractivity contribution is -0.140. The fraction of sp³-hybridized carbons (Fsp3) is 0.375. The van der Waals surface area contributed by atoms with E-state index in [0.717, 1.165) is 60.5 Å². The molecule has 0 saturated heterocycles. The third kappa shape index (κ3) is 9.70. The monoisotopic (exact) mass is 727 g/mol. The summed E-state index contributed by atoms with van der Waals surface area (Å²) in [4.78, 5) is 29.5. The van der Waals surface area contributed by atoms with Gasteiger partial charge in [-0.15, -0.1) is 0 Å². The highest BCUT2D eigenvalue weighted by atomic mass is 79.9. The molecule has 1 aliphatic rings. The Morgan fingerprint density at radius 2 is 1.62 bits per heavy atom. The first-order valence-corrected chi connectivity index (χ1v) is 17.5. The number of alkyl halides is 3. The molecule has 0 spiro atoms. The van der Waals surface area contributed by atoms with Crippen LogP contribution in [0.2, 0.25) is 5.02 Å². The molecule has 0 unspecified atom stereocenters. The summed E-state index contributed by atoms with van der Waals surface area (Å²) in [5, 5.41) is 2.50. The smallest absolute Gasteiger partial charge is 0.352 e. The molecule has 45 heavy (non-hydrogen) atoms. The Balaban J connectivity index is 1.75. The van der Waals surface area contributed by atoms with Gasteiger partial charge in [-0.3, -0.25) is 13.9 Å². The molecule has 1 atom stereocenters. The van der Waals surface area contributed by atoms with Crippen molar-refractivity contribution < 1.29 is 31.2 Å². The zero-order valence-electron chi connectivity index (χ0n) is 24.6. The van der Waals surface area contributed by atoms with Gasteiger partial charge in [0.2, 0.25) is 21.8 Å². The van der Waals surface area contributed by atoms with E-state index >= 15 is 0 Å². The van der Waals surface area contributed by atoms with Gasteiger partial charge in [-0.05, 0) is 54.3 Å². The van der Waals surface area contributed by atoms with Gasteiger partial charge in [0, 0.05) is 23.5 Å². The van der Waals surface area contributed by atoms with Crippen LogP contribution in [0.1, 0.15) is 48.8 Å². The van der Waals surface area contributed by atoms with Crippen LogP contribution >= 0.6 is 27.5 Å². The summed E-state index contributed by atoms with van der Waals surface area (Å²) in [6.07, 6.45) is 0.731. The van der Waals surface area contributed by atoms with Gasteiger partial charge < -0.3 is 10.2 Å². The molecule has 0 bridgehead atoms. The Morgan fingerprint density at radius 1 is 0.978 bits per heavy atom. The van der Waals surface area contributed by atoms with E-state index in [4.69, 9.17) is 11.6 Å². The first kappa shape index (κ1) is 34.8. The van der Waals surface area contributed by atoms with E-state index in [1.807, 2.05) is 30.3 Å². The van der Waals surface area contributed by atoms with Crippen molar-refractivity contribution in [3.8, 4) is 0 Å². The molecule has 3 aromatic rings. The first-order valence-electron chi connectivity index (χ1n) is 14.4. The van der Waals surface area contributed by atoms with Crippen LogP contribution < -0.4 is 9.62 Å². The Bertz CT molecular complexity index is 1590. The third-order valence-corrected chi connectivity index (χ3v) is 9.71. The van der Waals surface area contributed by atoms with Crippen LogP contribution in [0.4, 0.5) is 18.9 Å². The molecule has 2 amide bonds. The minimum absolute atomic E-state index is 0.0479. The van der Waals surface area contributed by atoms with Gasteiger partial charge in [-0.25, -0.2) is 8.42 Å². The third-order valence-electron chi connectivity index (χ3n) is 7.71. The number of carbonyl (C=O) groups excluding carboxylic acids is 2. The summed E-state index contributed by atoms with van der Waals surface area (Å²) < 4.78 is 68.3. The molecular weight excluding hydrogens is 695 g/mol. The van der Waals surface area contributed by atoms with E-state index < -0.39 is 45.3 Å². The van der Waals surface area contributed by atoms with E-state index in [1.54, 1.807) is 24.3 Å². The summed E-state index contributed by atoms with van der Waals surface area (Å²) in [7, 11) is -4.26. The average Bonchev–Trinajstić information content (AvgIpc) is 2.99. The van der Waals surface area contributed by atoms with E-state index in [-0.39, 0.29) is 30.6 Å². The second-order valence-corrected chi connectivity index (χ2v) is 14.4. The van der Waals surface area contributed by atoms with E-state index in [0.29, 0.717) is 15.9 Å². The number of amides is 2. The van der Waals surface area contributed by atoms with Gasteiger partial charge in [0.05, 0.1) is 22.5 Å². The highest BCUT2D eigenvalue weighted by Crippen LogP contribution is 2.37. The van der Waals surface area contributed by atoms with Gasteiger partial charge in [0.25, 0.3) is 0 Å². The van der Waals surface area contributed by atoms with Gasteiger partial charge >= 0.3 is 6.18 Å². The highest BCUT2D eigenvalue weighted by Gasteiger charge is 2.37. The predicted molar refractivity (Wildman–Crippen MR) is 172 cm³/mol. The molecular formula is C32H34BrClF3N3O4S. The van der Waals surface area contributed by atoms with Crippen LogP contribution in [0.5, 0.6) is 0 Å². The number of nitrogens with zero attached hydrogens (tertiary/aromatic N) is 2. The summed E-state index contributed by atoms with van der Waals surface area (Å²) >= 11 is 9.17. The van der Waals surface area contributed by atoms with Crippen molar-refractivity contribution in [1.29, 1.82) is 0 Å². The Labute approximate surface area is 274 Å². The minimum Gasteiger partial charge on any atom is -0.352 e. The molecule has 0 radical (unpaired) electrons. The largest absolute Gasteiger partial charge is 0.417 e. The van der Waals surface area contributed by atoms with Crippen LogP contribution in [-0.2, 0) is 38.8 Å². The van der Waals surface area contributed by atoms with Crippen LogP contribution in [0.25, 0.3) is 0 Å². The fourth-order valence-corrected chi connectivity index (χ4v) is 6.71. The molecule has 0 heterocycles. The molecule has 0 aliphatic heterocycles. The fourth-order valence-electron chi connectivity index (χ4n) is 5.38. The maximum Gasteiger partial charge on any atom is 0.417 e. The van der Waals surface area contributed by atoms with Crippen molar-refractivity contribution >= 4 is 55.1 Å². The van der Waals surface area contributed by atoms with Crippen LogP contribution in [0, 0.1) is 0 Å². The number of sulfonamides is 1. The van der Waals surface area contributed by atoms with Gasteiger partial charge in [0.15, 0.2) is 0 Å². The van der Waals surface area contributed by atoms with Crippen LogP contribution in [0.3, 0.4) is 0 Å². The molecule has 7 nitrogen and oxygen atoms in total. The maximum absolute atomic E-state index is 14.2. The number of anilines is 1. The van der Waals surface area contributed by atoms with Crippen molar-refractivity contribution in [2.75, 3.05) is 17.1 Å². The molecule has 1 aliphatic carbocycles. The molecule has 3 aromatic carbocycles. The lowest BCUT2D eigenvalue weighted by Gasteiger charge is -2.35. The normalized spacial score (nSPS) is 14.9. The number of rotatable bonds is 11. The lowest BCUT2D eigenvalue weighted by atomic mass is 9.94. The number of halogens is 5. The average molecular weight is 729 g/mol. The quantitative estimate of drug-likeness (QED) is 0.231. The second kappa shape index (κ2) is 15.0. The molecule has 1 saturated carbocycles. The Kier molecular flexibility index (Phi) is 11.6. The summed E-state index contributed by atoms with van der Waals surface area (Å²) in [5.41, 5.74) is -0.157. The number of hydrogen-bond acceptors (Lipinski definition) is 4. The minimum atomic E-state index is -4.86.